The van der Waals surface area contributed by atoms with E-state index in [2.05, 4.69) is 17.0 Å². The van der Waals surface area contributed by atoms with Crippen LogP contribution in [-0.2, 0) is 6.42 Å². The third-order valence-electron chi connectivity index (χ3n) is 4.36. The van der Waals surface area contributed by atoms with Crippen LogP contribution in [0.5, 0.6) is 0 Å². The number of fused-ring (bicyclic) bond motifs is 1. The molecule has 0 saturated heterocycles. The summed E-state index contributed by atoms with van der Waals surface area (Å²) in [6.07, 6.45) is 6.97. The number of aryl methyl sites for hydroxylation is 2. The van der Waals surface area contributed by atoms with Gasteiger partial charge in [0.1, 0.15) is 10.3 Å². The van der Waals surface area contributed by atoms with Gasteiger partial charge in [-0.25, -0.2) is 9.50 Å². The fourth-order valence-electron chi connectivity index (χ4n) is 3.29. The quantitative estimate of drug-likeness (QED) is 0.734. The number of halogens is 2. The summed E-state index contributed by atoms with van der Waals surface area (Å²) in [6, 6.07) is 0. The Labute approximate surface area is 129 Å². The van der Waals surface area contributed by atoms with E-state index >= 15 is 0 Å². The maximum Gasteiger partial charge on any atom is 0.161 e. The molecule has 0 aromatic carbocycles. The molecule has 0 amide bonds. The monoisotopic (exact) mass is 311 g/mol. The van der Waals surface area contributed by atoms with Crippen molar-refractivity contribution in [2.45, 2.75) is 58.3 Å². The molecule has 2 aromatic rings. The minimum Gasteiger partial charge on any atom is -0.216 e. The topological polar surface area (TPSA) is 30.2 Å². The summed E-state index contributed by atoms with van der Waals surface area (Å²) >= 11 is 13.0. The molecule has 20 heavy (non-hydrogen) atoms. The van der Waals surface area contributed by atoms with Crippen LogP contribution in [0.4, 0.5) is 0 Å². The molecule has 0 atom stereocenters. The summed E-state index contributed by atoms with van der Waals surface area (Å²) in [5.41, 5.74) is 3.91. The Balaban J connectivity index is 2.18. The van der Waals surface area contributed by atoms with Gasteiger partial charge < -0.3 is 0 Å². The number of hydrogen-bond donors (Lipinski definition) is 0. The van der Waals surface area contributed by atoms with E-state index in [1.165, 1.54) is 19.3 Å². The van der Waals surface area contributed by atoms with E-state index in [0.29, 0.717) is 16.2 Å². The van der Waals surface area contributed by atoms with E-state index in [1.807, 2.05) is 6.92 Å². The average molecular weight is 312 g/mol. The summed E-state index contributed by atoms with van der Waals surface area (Å²) in [6.45, 7) is 4.10. The van der Waals surface area contributed by atoms with E-state index in [4.69, 9.17) is 23.2 Å². The molecule has 1 aliphatic carbocycles. The SMILES string of the molecule is CCc1c(C)nn2c(Cl)c(C3CCCCC3)c(Cl)nc12. The molecule has 3 nitrogen and oxygen atoms in total. The number of aromatic nitrogens is 3. The molecule has 0 radical (unpaired) electrons. The van der Waals surface area contributed by atoms with Crippen LogP contribution >= 0.6 is 23.2 Å². The highest BCUT2D eigenvalue weighted by Crippen LogP contribution is 2.40. The van der Waals surface area contributed by atoms with Crippen molar-refractivity contribution < 1.29 is 0 Å². The van der Waals surface area contributed by atoms with Gasteiger partial charge in [-0.1, -0.05) is 49.4 Å². The smallest absolute Gasteiger partial charge is 0.161 e. The van der Waals surface area contributed by atoms with Gasteiger partial charge in [0, 0.05) is 11.1 Å². The van der Waals surface area contributed by atoms with Gasteiger partial charge in [0.05, 0.1) is 5.69 Å². The number of rotatable bonds is 2. The Bertz CT molecular complexity index is 642. The van der Waals surface area contributed by atoms with Gasteiger partial charge in [-0.2, -0.15) is 5.10 Å². The Morgan fingerprint density at radius 2 is 1.90 bits per heavy atom. The lowest BCUT2D eigenvalue weighted by Crippen LogP contribution is -2.09. The van der Waals surface area contributed by atoms with Crippen LogP contribution in [0, 0.1) is 6.92 Å². The fraction of sp³-hybridized carbons (Fsp3) is 0.600. The van der Waals surface area contributed by atoms with Crippen LogP contribution in [0.15, 0.2) is 0 Å². The van der Waals surface area contributed by atoms with E-state index in [-0.39, 0.29) is 0 Å². The van der Waals surface area contributed by atoms with Crippen molar-refractivity contribution in [3.8, 4) is 0 Å². The summed E-state index contributed by atoms with van der Waals surface area (Å²) in [4.78, 5) is 4.58. The first-order chi connectivity index (χ1) is 9.63. The van der Waals surface area contributed by atoms with Crippen molar-refractivity contribution in [1.29, 1.82) is 0 Å². The average Bonchev–Trinajstić information content (AvgIpc) is 2.76. The molecule has 0 unspecified atom stereocenters. The number of hydrogen-bond acceptors (Lipinski definition) is 2. The predicted octanol–water partition coefficient (Wildman–Crippen LogP) is 4.95. The summed E-state index contributed by atoms with van der Waals surface area (Å²) in [5, 5.41) is 5.75. The third-order valence-corrected chi connectivity index (χ3v) is 5.01. The second-order valence-corrected chi connectivity index (χ2v) is 6.31. The maximum absolute atomic E-state index is 6.60. The van der Waals surface area contributed by atoms with Crippen molar-refractivity contribution in [2.75, 3.05) is 0 Å². The normalized spacial score (nSPS) is 17.0. The highest BCUT2D eigenvalue weighted by molar-refractivity contribution is 6.35. The molecule has 0 N–H and O–H groups in total. The molecular formula is C15H19Cl2N3. The van der Waals surface area contributed by atoms with Crippen molar-refractivity contribution >= 4 is 28.8 Å². The molecule has 0 bridgehead atoms. The standard InChI is InChI=1S/C15H19Cl2N3/c1-3-11-9(2)19-20-14(17)12(13(16)18-15(11)20)10-7-5-4-6-8-10/h10H,3-8H2,1-2H3. The van der Waals surface area contributed by atoms with E-state index < -0.39 is 0 Å². The predicted molar refractivity (Wildman–Crippen MR) is 82.9 cm³/mol. The van der Waals surface area contributed by atoms with Gasteiger partial charge in [-0.3, -0.25) is 0 Å². The second-order valence-electron chi connectivity index (χ2n) is 5.59. The highest BCUT2D eigenvalue weighted by atomic mass is 35.5. The molecule has 2 heterocycles. The van der Waals surface area contributed by atoms with Gasteiger partial charge in [-0.15, -0.1) is 0 Å². The summed E-state index contributed by atoms with van der Waals surface area (Å²) in [7, 11) is 0. The van der Waals surface area contributed by atoms with Crippen LogP contribution in [-0.4, -0.2) is 14.6 Å². The first-order valence-electron chi connectivity index (χ1n) is 7.36. The molecule has 0 spiro atoms. The molecule has 1 aliphatic rings. The first-order valence-corrected chi connectivity index (χ1v) is 8.12. The second kappa shape index (κ2) is 5.53. The molecule has 108 valence electrons. The van der Waals surface area contributed by atoms with E-state index in [9.17, 15) is 0 Å². The Hall–Kier alpha value is -0.800. The summed E-state index contributed by atoms with van der Waals surface area (Å²) in [5.74, 6) is 0.426. The van der Waals surface area contributed by atoms with Gasteiger partial charge in [-0.05, 0) is 32.1 Å². The third kappa shape index (κ3) is 2.21. The Morgan fingerprint density at radius 1 is 1.20 bits per heavy atom. The lowest BCUT2D eigenvalue weighted by Gasteiger charge is -2.23. The zero-order chi connectivity index (χ0) is 14.3. The molecule has 0 aliphatic heterocycles. The van der Waals surface area contributed by atoms with Gasteiger partial charge in [0.25, 0.3) is 0 Å². The molecule has 3 rings (SSSR count). The zero-order valence-electron chi connectivity index (χ0n) is 11.9. The van der Waals surface area contributed by atoms with Crippen molar-refractivity contribution in [3.05, 3.63) is 27.1 Å². The molecule has 5 heteroatoms. The van der Waals surface area contributed by atoms with E-state index in [0.717, 1.165) is 41.7 Å². The van der Waals surface area contributed by atoms with Gasteiger partial charge in [0.2, 0.25) is 0 Å². The van der Waals surface area contributed by atoms with Crippen LogP contribution in [0.2, 0.25) is 10.3 Å². The van der Waals surface area contributed by atoms with Crippen molar-refractivity contribution in [3.63, 3.8) is 0 Å². The lowest BCUT2D eigenvalue weighted by atomic mass is 9.85. The summed E-state index contributed by atoms with van der Waals surface area (Å²) < 4.78 is 1.77. The highest BCUT2D eigenvalue weighted by Gasteiger charge is 2.25. The van der Waals surface area contributed by atoms with Crippen molar-refractivity contribution in [2.24, 2.45) is 0 Å². The van der Waals surface area contributed by atoms with Crippen LogP contribution in [0.25, 0.3) is 5.65 Å². The Kier molecular flexibility index (Phi) is 3.91. The minimum absolute atomic E-state index is 0.426. The minimum atomic E-state index is 0.426. The largest absolute Gasteiger partial charge is 0.216 e. The van der Waals surface area contributed by atoms with Crippen LogP contribution < -0.4 is 0 Å². The molecule has 1 saturated carbocycles. The van der Waals surface area contributed by atoms with Gasteiger partial charge in [0.15, 0.2) is 5.65 Å². The van der Waals surface area contributed by atoms with Gasteiger partial charge >= 0.3 is 0 Å². The number of nitrogens with zero attached hydrogens (tertiary/aromatic N) is 3. The van der Waals surface area contributed by atoms with Crippen molar-refractivity contribution in [1.82, 2.24) is 14.6 Å². The zero-order valence-corrected chi connectivity index (χ0v) is 13.4. The lowest BCUT2D eigenvalue weighted by molar-refractivity contribution is 0.441. The first kappa shape index (κ1) is 14.2. The maximum atomic E-state index is 6.60. The molecule has 2 aromatic heterocycles. The van der Waals surface area contributed by atoms with Crippen LogP contribution in [0.3, 0.4) is 0 Å². The van der Waals surface area contributed by atoms with Crippen LogP contribution in [0.1, 0.15) is 61.8 Å². The fourth-order valence-corrected chi connectivity index (χ4v) is 4.03. The molecule has 1 fully saturated rings. The molecular weight excluding hydrogens is 293 g/mol. The Morgan fingerprint density at radius 3 is 2.55 bits per heavy atom. The van der Waals surface area contributed by atoms with E-state index in [1.54, 1.807) is 4.52 Å².